The summed E-state index contributed by atoms with van der Waals surface area (Å²) >= 11 is 0. The smallest absolute Gasteiger partial charge is 0.337 e. The monoisotopic (exact) mass is 466 g/mol. The Bertz CT molecular complexity index is 1280. The minimum Gasteiger partial charge on any atom is -0.465 e. The number of esters is 1. The Hall–Kier alpha value is -3.65. The summed E-state index contributed by atoms with van der Waals surface area (Å²) in [5.74, 6) is -1.09. The maximum Gasteiger partial charge on any atom is 0.337 e. The number of methoxy groups -OCH3 is 1. The van der Waals surface area contributed by atoms with Gasteiger partial charge in [0.15, 0.2) is 0 Å². The first-order chi connectivity index (χ1) is 15.6. The van der Waals surface area contributed by atoms with E-state index in [-0.39, 0.29) is 10.5 Å². The van der Waals surface area contributed by atoms with E-state index in [1.54, 1.807) is 49.4 Å². The average molecular weight is 467 g/mol. The molecule has 1 N–H and O–H groups in total. The molecule has 0 radical (unpaired) electrons. The zero-order valence-corrected chi connectivity index (χ0v) is 19.8. The molecule has 0 fully saturated rings. The van der Waals surface area contributed by atoms with E-state index < -0.39 is 28.4 Å². The number of amides is 1. The third-order valence-corrected chi connectivity index (χ3v) is 6.86. The second kappa shape index (κ2) is 9.87. The average Bonchev–Trinajstić information content (AvgIpc) is 2.78. The maximum atomic E-state index is 13.5. The van der Waals surface area contributed by atoms with Gasteiger partial charge in [-0.05, 0) is 62.7 Å². The standard InChI is InChI=1S/C25H26N2O5S/c1-17-8-11-22(12-9-17)33(30,31)27(23-13-10-18(2)14-19(23)3)16-24(28)26-21-7-5-6-20(15-21)25(29)32-4/h5-15H,16H2,1-4H3,(H,26,28). The van der Waals surface area contributed by atoms with Crippen LogP contribution in [0, 0.1) is 20.8 Å². The summed E-state index contributed by atoms with van der Waals surface area (Å²) in [6.07, 6.45) is 0. The van der Waals surface area contributed by atoms with Crippen molar-refractivity contribution in [2.45, 2.75) is 25.7 Å². The molecule has 0 unspecified atom stereocenters. The highest BCUT2D eigenvalue weighted by atomic mass is 32.2. The number of anilines is 2. The quantitative estimate of drug-likeness (QED) is 0.526. The minimum atomic E-state index is -4.02. The Morgan fingerprint density at radius 1 is 0.909 bits per heavy atom. The Kier molecular flexibility index (Phi) is 7.18. The molecule has 0 heterocycles. The number of nitrogens with one attached hydrogen (secondary N) is 1. The van der Waals surface area contributed by atoms with Gasteiger partial charge in [0.25, 0.3) is 10.0 Å². The van der Waals surface area contributed by atoms with Crippen molar-refractivity contribution < 1.29 is 22.7 Å². The van der Waals surface area contributed by atoms with E-state index in [1.807, 2.05) is 19.9 Å². The molecule has 0 saturated heterocycles. The molecule has 0 bridgehead atoms. The van der Waals surface area contributed by atoms with Crippen molar-refractivity contribution in [2.75, 3.05) is 23.3 Å². The van der Waals surface area contributed by atoms with Crippen molar-refractivity contribution in [1.82, 2.24) is 0 Å². The van der Waals surface area contributed by atoms with Crippen LogP contribution in [-0.4, -0.2) is 33.9 Å². The summed E-state index contributed by atoms with van der Waals surface area (Å²) in [7, 11) is -2.75. The Morgan fingerprint density at radius 3 is 2.21 bits per heavy atom. The molecule has 3 aromatic rings. The number of hydrogen-bond donors (Lipinski definition) is 1. The van der Waals surface area contributed by atoms with E-state index in [1.165, 1.54) is 25.3 Å². The lowest BCUT2D eigenvalue weighted by atomic mass is 10.1. The lowest BCUT2D eigenvalue weighted by molar-refractivity contribution is -0.114. The largest absolute Gasteiger partial charge is 0.465 e. The number of rotatable bonds is 7. The summed E-state index contributed by atoms with van der Waals surface area (Å²) in [4.78, 5) is 24.8. The summed E-state index contributed by atoms with van der Waals surface area (Å²) in [5, 5.41) is 2.67. The molecule has 33 heavy (non-hydrogen) atoms. The molecule has 8 heteroatoms. The molecule has 7 nitrogen and oxygen atoms in total. The van der Waals surface area contributed by atoms with Gasteiger partial charge < -0.3 is 10.1 Å². The summed E-state index contributed by atoms with van der Waals surface area (Å²) < 4.78 is 32.9. The molecule has 0 aromatic heterocycles. The van der Waals surface area contributed by atoms with Crippen LogP contribution in [0.1, 0.15) is 27.0 Å². The van der Waals surface area contributed by atoms with Crippen LogP contribution in [0.15, 0.2) is 71.6 Å². The Labute approximate surface area is 194 Å². The lowest BCUT2D eigenvalue weighted by Gasteiger charge is -2.26. The second-order valence-corrected chi connectivity index (χ2v) is 9.60. The molecule has 0 saturated carbocycles. The third kappa shape index (κ3) is 5.59. The molecular formula is C25H26N2O5S. The normalized spacial score (nSPS) is 11.0. The van der Waals surface area contributed by atoms with Crippen LogP contribution in [0.4, 0.5) is 11.4 Å². The Morgan fingerprint density at radius 2 is 1.58 bits per heavy atom. The van der Waals surface area contributed by atoms with Crippen molar-refractivity contribution in [3.8, 4) is 0 Å². The zero-order chi connectivity index (χ0) is 24.2. The van der Waals surface area contributed by atoms with Gasteiger partial charge in [0.05, 0.1) is 23.3 Å². The summed E-state index contributed by atoms with van der Waals surface area (Å²) in [6, 6.07) is 18.1. The summed E-state index contributed by atoms with van der Waals surface area (Å²) in [5.41, 5.74) is 3.68. The fraction of sp³-hybridized carbons (Fsp3) is 0.200. The molecule has 0 aliphatic rings. The topological polar surface area (TPSA) is 92.8 Å². The van der Waals surface area contributed by atoms with Gasteiger partial charge in [-0.25, -0.2) is 13.2 Å². The SMILES string of the molecule is COC(=O)c1cccc(NC(=O)CN(c2ccc(C)cc2C)S(=O)(=O)c2ccc(C)cc2)c1. The van der Waals surface area contributed by atoms with Crippen LogP contribution < -0.4 is 9.62 Å². The highest BCUT2D eigenvalue weighted by Gasteiger charge is 2.28. The molecule has 0 spiro atoms. The number of benzene rings is 3. The zero-order valence-electron chi connectivity index (χ0n) is 19.0. The Balaban J connectivity index is 1.96. The van der Waals surface area contributed by atoms with Gasteiger partial charge in [-0.3, -0.25) is 9.10 Å². The van der Waals surface area contributed by atoms with Crippen LogP contribution in [-0.2, 0) is 19.6 Å². The molecular weight excluding hydrogens is 440 g/mol. The number of carbonyl (C=O) groups excluding carboxylic acids is 2. The lowest BCUT2D eigenvalue weighted by Crippen LogP contribution is -2.38. The van der Waals surface area contributed by atoms with Crippen molar-refractivity contribution in [2.24, 2.45) is 0 Å². The van der Waals surface area contributed by atoms with Crippen LogP contribution in [0.2, 0.25) is 0 Å². The third-order valence-electron chi connectivity index (χ3n) is 5.08. The van der Waals surface area contributed by atoms with Crippen molar-refractivity contribution in [3.63, 3.8) is 0 Å². The predicted molar refractivity (Wildman–Crippen MR) is 128 cm³/mol. The fourth-order valence-corrected chi connectivity index (χ4v) is 4.88. The molecule has 0 atom stereocenters. The van der Waals surface area contributed by atoms with Crippen molar-refractivity contribution in [1.29, 1.82) is 0 Å². The maximum absolute atomic E-state index is 13.5. The van der Waals surface area contributed by atoms with Crippen LogP contribution in [0.3, 0.4) is 0 Å². The first-order valence-corrected chi connectivity index (χ1v) is 11.7. The van der Waals surface area contributed by atoms with Gasteiger partial charge in [-0.15, -0.1) is 0 Å². The number of nitrogens with zero attached hydrogens (tertiary/aromatic N) is 1. The number of carbonyl (C=O) groups is 2. The molecule has 3 rings (SSSR count). The van der Waals surface area contributed by atoms with E-state index in [9.17, 15) is 18.0 Å². The molecule has 0 aliphatic carbocycles. The highest BCUT2D eigenvalue weighted by Crippen LogP contribution is 2.28. The van der Waals surface area contributed by atoms with Crippen LogP contribution in [0.25, 0.3) is 0 Å². The van der Waals surface area contributed by atoms with Gasteiger partial charge in [0, 0.05) is 5.69 Å². The van der Waals surface area contributed by atoms with Gasteiger partial charge in [-0.2, -0.15) is 0 Å². The van der Waals surface area contributed by atoms with Crippen LogP contribution >= 0.6 is 0 Å². The van der Waals surface area contributed by atoms with E-state index in [4.69, 9.17) is 4.74 Å². The van der Waals surface area contributed by atoms with Gasteiger partial charge >= 0.3 is 5.97 Å². The summed E-state index contributed by atoms with van der Waals surface area (Å²) in [6.45, 7) is 5.14. The molecule has 3 aromatic carbocycles. The second-order valence-electron chi connectivity index (χ2n) is 7.74. The van der Waals surface area contributed by atoms with Crippen molar-refractivity contribution >= 4 is 33.3 Å². The minimum absolute atomic E-state index is 0.0913. The molecule has 1 amide bonds. The van der Waals surface area contributed by atoms with Crippen LogP contribution in [0.5, 0.6) is 0 Å². The first kappa shape index (κ1) is 24.0. The number of sulfonamides is 1. The highest BCUT2D eigenvalue weighted by molar-refractivity contribution is 7.92. The number of ether oxygens (including phenoxy) is 1. The van der Waals surface area contributed by atoms with E-state index in [2.05, 4.69) is 5.32 Å². The van der Waals surface area contributed by atoms with Crippen molar-refractivity contribution in [3.05, 3.63) is 89.0 Å². The van der Waals surface area contributed by atoms with E-state index in [0.717, 1.165) is 21.0 Å². The molecule has 0 aliphatic heterocycles. The van der Waals surface area contributed by atoms with Gasteiger partial charge in [0.1, 0.15) is 6.54 Å². The van der Waals surface area contributed by atoms with Gasteiger partial charge in [-0.1, -0.05) is 41.5 Å². The van der Waals surface area contributed by atoms with Gasteiger partial charge in [0.2, 0.25) is 5.91 Å². The molecule has 172 valence electrons. The number of aryl methyl sites for hydroxylation is 3. The van der Waals surface area contributed by atoms with E-state index in [0.29, 0.717) is 11.4 Å². The predicted octanol–water partition coefficient (Wildman–Crippen LogP) is 4.23. The van der Waals surface area contributed by atoms with E-state index >= 15 is 0 Å². The number of hydrogen-bond acceptors (Lipinski definition) is 5. The fourth-order valence-electron chi connectivity index (χ4n) is 3.40. The first-order valence-electron chi connectivity index (χ1n) is 10.3.